The molecular weight excluding hydrogens is 276 g/mol. The summed E-state index contributed by atoms with van der Waals surface area (Å²) in [4.78, 5) is 34.3. The van der Waals surface area contributed by atoms with Crippen molar-refractivity contribution in [3.63, 3.8) is 0 Å². The Bertz CT molecular complexity index is 465. The zero-order chi connectivity index (χ0) is 16.0. The van der Waals surface area contributed by atoms with E-state index in [0.29, 0.717) is 6.42 Å². The third-order valence-corrected chi connectivity index (χ3v) is 3.33. The van der Waals surface area contributed by atoms with Gasteiger partial charge < -0.3 is 14.6 Å². The molecule has 6 nitrogen and oxygen atoms in total. The highest BCUT2D eigenvalue weighted by atomic mass is 16.6. The number of aliphatic carboxylic acids is 1. The van der Waals surface area contributed by atoms with Crippen molar-refractivity contribution in [1.29, 1.82) is 0 Å². The van der Waals surface area contributed by atoms with Crippen LogP contribution in [0.4, 0.5) is 0 Å². The lowest BCUT2D eigenvalue weighted by atomic mass is 9.76. The lowest BCUT2D eigenvalue weighted by molar-refractivity contribution is -0.161. The molecule has 3 atom stereocenters. The molecule has 0 saturated heterocycles. The molecule has 21 heavy (non-hydrogen) atoms. The van der Waals surface area contributed by atoms with Crippen LogP contribution in [0.25, 0.3) is 0 Å². The average molecular weight is 296 g/mol. The largest absolute Gasteiger partial charge is 0.481 e. The molecular formula is C15H20O6. The highest BCUT2D eigenvalue weighted by molar-refractivity contribution is 5.87. The second-order valence-corrected chi connectivity index (χ2v) is 5.08. The Balaban J connectivity index is 2.49. The molecule has 116 valence electrons. The monoisotopic (exact) mass is 296 g/mol. The highest BCUT2D eigenvalue weighted by Gasteiger charge is 2.39. The van der Waals surface area contributed by atoms with Crippen LogP contribution < -0.4 is 0 Å². The maximum absolute atomic E-state index is 12.0. The Labute approximate surface area is 123 Å². The van der Waals surface area contributed by atoms with E-state index in [-0.39, 0.29) is 24.7 Å². The molecule has 3 unspecified atom stereocenters. The predicted molar refractivity (Wildman–Crippen MR) is 74.3 cm³/mol. The SMILES string of the molecule is C=C(C)C(=O)OCCOC(=O)C1C(C)C=CCC1C(=O)O. The maximum Gasteiger partial charge on any atom is 0.333 e. The van der Waals surface area contributed by atoms with Gasteiger partial charge in [0.2, 0.25) is 0 Å². The van der Waals surface area contributed by atoms with Crippen LogP contribution in [0, 0.1) is 17.8 Å². The minimum absolute atomic E-state index is 0.0773. The number of carbonyl (C=O) groups excluding carboxylic acids is 2. The van der Waals surface area contributed by atoms with Crippen LogP contribution in [0.15, 0.2) is 24.3 Å². The summed E-state index contributed by atoms with van der Waals surface area (Å²) in [5.41, 5.74) is 0.262. The van der Waals surface area contributed by atoms with Gasteiger partial charge in [0.05, 0.1) is 11.8 Å². The molecule has 1 N–H and O–H groups in total. The number of hydrogen-bond donors (Lipinski definition) is 1. The first-order chi connectivity index (χ1) is 9.84. The molecule has 0 aromatic rings. The third-order valence-electron chi connectivity index (χ3n) is 3.33. The Morgan fingerprint density at radius 2 is 1.90 bits per heavy atom. The molecule has 0 spiro atoms. The number of allylic oxidation sites excluding steroid dienone is 2. The summed E-state index contributed by atoms with van der Waals surface area (Å²) >= 11 is 0. The van der Waals surface area contributed by atoms with Gasteiger partial charge in [-0.1, -0.05) is 25.7 Å². The van der Waals surface area contributed by atoms with Crippen molar-refractivity contribution < 1.29 is 29.0 Å². The van der Waals surface area contributed by atoms with Crippen LogP contribution in [0.2, 0.25) is 0 Å². The van der Waals surface area contributed by atoms with Crippen LogP contribution in [0.5, 0.6) is 0 Å². The summed E-state index contributed by atoms with van der Waals surface area (Å²) in [6.45, 7) is 6.54. The Morgan fingerprint density at radius 1 is 1.29 bits per heavy atom. The number of esters is 2. The van der Waals surface area contributed by atoms with Crippen LogP contribution in [0.3, 0.4) is 0 Å². The van der Waals surface area contributed by atoms with Gasteiger partial charge in [0.25, 0.3) is 0 Å². The van der Waals surface area contributed by atoms with Crippen molar-refractivity contribution in [2.24, 2.45) is 17.8 Å². The van der Waals surface area contributed by atoms with Crippen molar-refractivity contribution in [2.45, 2.75) is 20.3 Å². The summed E-state index contributed by atoms with van der Waals surface area (Å²) in [6.07, 6.45) is 3.89. The van der Waals surface area contributed by atoms with Gasteiger partial charge in [-0.25, -0.2) is 4.79 Å². The summed E-state index contributed by atoms with van der Waals surface area (Å²) in [6, 6.07) is 0. The van der Waals surface area contributed by atoms with Crippen molar-refractivity contribution >= 4 is 17.9 Å². The lowest BCUT2D eigenvalue weighted by Crippen LogP contribution is -2.37. The van der Waals surface area contributed by atoms with Crippen LogP contribution in [0.1, 0.15) is 20.3 Å². The van der Waals surface area contributed by atoms with E-state index in [1.54, 1.807) is 13.0 Å². The molecule has 0 bridgehead atoms. The number of rotatable bonds is 6. The molecule has 0 aromatic heterocycles. The maximum atomic E-state index is 12.0. The van der Waals surface area contributed by atoms with Crippen LogP contribution in [-0.4, -0.2) is 36.2 Å². The fourth-order valence-corrected chi connectivity index (χ4v) is 2.20. The lowest BCUT2D eigenvalue weighted by Gasteiger charge is -2.28. The smallest absolute Gasteiger partial charge is 0.333 e. The molecule has 6 heteroatoms. The fraction of sp³-hybridized carbons (Fsp3) is 0.533. The number of ether oxygens (including phenoxy) is 2. The second-order valence-electron chi connectivity index (χ2n) is 5.08. The standard InChI is InChI=1S/C15H20O6/c1-9(2)14(18)20-7-8-21-15(19)12-10(3)5-4-6-11(12)13(16)17/h4-5,10-12H,1,6-8H2,2-3H3,(H,16,17). The normalized spacial score (nSPS) is 24.2. The molecule has 0 heterocycles. The summed E-state index contributed by atoms with van der Waals surface area (Å²) in [5, 5.41) is 9.16. The van der Waals surface area contributed by atoms with E-state index in [2.05, 4.69) is 6.58 Å². The molecule has 0 radical (unpaired) electrons. The summed E-state index contributed by atoms with van der Waals surface area (Å²) in [7, 11) is 0. The van der Waals surface area contributed by atoms with E-state index in [0.717, 1.165) is 0 Å². The molecule has 0 amide bonds. The number of carbonyl (C=O) groups is 3. The number of carboxylic acids is 1. The molecule has 0 fully saturated rings. The van der Waals surface area contributed by atoms with E-state index < -0.39 is 29.7 Å². The molecule has 0 aliphatic heterocycles. The highest BCUT2D eigenvalue weighted by Crippen LogP contribution is 2.31. The Hall–Kier alpha value is -2.11. The quantitative estimate of drug-likeness (QED) is 0.346. The first kappa shape index (κ1) is 16.9. The van der Waals surface area contributed by atoms with Gasteiger partial charge in [-0.05, 0) is 19.3 Å². The zero-order valence-corrected chi connectivity index (χ0v) is 12.2. The van der Waals surface area contributed by atoms with E-state index in [1.807, 2.05) is 6.08 Å². The van der Waals surface area contributed by atoms with Gasteiger partial charge >= 0.3 is 17.9 Å². The average Bonchev–Trinajstić information content (AvgIpc) is 2.42. The van der Waals surface area contributed by atoms with Gasteiger partial charge in [0, 0.05) is 5.57 Å². The van der Waals surface area contributed by atoms with Gasteiger partial charge in [-0.15, -0.1) is 0 Å². The molecule has 1 aliphatic rings. The van der Waals surface area contributed by atoms with E-state index in [1.165, 1.54) is 6.92 Å². The first-order valence-corrected chi connectivity index (χ1v) is 6.73. The van der Waals surface area contributed by atoms with Crippen molar-refractivity contribution in [3.8, 4) is 0 Å². The molecule has 0 aromatic carbocycles. The molecule has 0 saturated carbocycles. The van der Waals surface area contributed by atoms with Gasteiger partial charge in [0.15, 0.2) is 0 Å². The first-order valence-electron chi connectivity index (χ1n) is 6.73. The minimum atomic E-state index is -1.01. The fourth-order valence-electron chi connectivity index (χ4n) is 2.20. The van der Waals surface area contributed by atoms with Gasteiger partial charge in [-0.2, -0.15) is 0 Å². The Morgan fingerprint density at radius 3 is 2.48 bits per heavy atom. The van der Waals surface area contributed by atoms with E-state index >= 15 is 0 Å². The third kappa shape index (κ3) is 4.73. The second kappa shape index (κ2) is 7.61. The summed E-state index contributed by atoms with van der Waals surface area (Å²) in [5.74, 6) is -3.85. The number of hydrogen-bond acceptors (Lipinski definition) is 5. The number of carboxylic acid groups (broad SMARTS) is 1. The van der Waals surface area contributed by atoms with E-state index in [4.69, 9.17) is 14.6 Å². The van der Waals surface area contributed by atoms with Gasteiger partial charge in [0.1, 0.15) is 13.2 Å². The van der Waals surface area contributed by atoms with Crippen molar-refractivity contribution in [3.05, 3.63) is 24.3 Å². The molecule has 1 rings (SSSR count). The van der Waals surface area contributed by atoms with E-state index in [9.17, 15) is 14.4 Å². The van der Waals surface area contributed by atoms with Crippen molar-refractivity contribution in [1.82, 2.24) is 0 Å². The zero-order valence-electron chi connectivity index (χ0n) is 12.2. The van der Waals surface area contributed by atoms with Gasteiger partial charge in [-0.3, -0.25) is 9.59 Å². The Kier molecular flexibility index (Phi) is 6.14. The molecule has 1 aliphatic carbocycles. The van der Waals surface area contributed by atoms with Crippen LogP contribution in [-0.2, 0) is 23.9 Å². The predicted octanol–water partition coefficient (Wildman–Crippen LogP) is 1.56. The van der Waals surface area contributed by atoms with Crippen molar-refractivity contribution in [2.75, 3.05) is 13.2 Å². The topological polar surface area (TPSA) is 89.9 Å². The van der Waals surface area contributed by atoms with Crippen LogP contribution >= 0.6 is 0 Å². The summed E-state index contributed by atoms with van der Waals surface area (Å²) < 4.78 is 9.82. The minimum Gasteiger partial charge on any atom is -0.481 e.